The molecule has 2 rings (SSSR count). The molecule has 0 aromatic carbocycles. The Hall–Kier alpha value is -1.34. The number of hydrogen-bond donors (Lipinski definition) is 2. The summed E-state index contributed by atoms with van der Waals surface area (Å²) in [5, 5.41) is 5.00. The van der Waals surface area contributed by atoms with Crippen molar-refractivity contribution in [2.75, 3.05) is 13.6 Å². The van der Waals surface area contributed by atoms with E-state index in [2.05, 4.69) is 26.6 Å². The third-order valence-corrected chi connectivity index (χ3v) is 3.06. The Morgan fingerprint density at radius 2 is 2.21 bits per heavy atom. The van der Waals surface area contributed by atoms with E-state index in [0.29, 0.717) is 11.2 Å². The van der Waals surface area contributed by atoms with Gasteiger partial charge in [-0.25, -0.2) is 4.79 Å². The fourth-order valence-electron chi connectivity index (χ4n) is 1.62. The first-order valence-corrected chi connectivity index (χ1v) is 6.85. The Kier molecular flexibility index (Phi) is 4.60. The van der Waals surface area contributed by atoms with Gasteiger partial charge in [0.2, 0.25) is 5.91 Å². The molecule has 1 heterocycles. The van der Waals surface area contributed by atoms with Crippen molar-refractivity contribution in [2.45, 2.75) is 25.4 Å². The number of imide groups is 1. The highest BCUT2D eigenvalue weighted by Gasteiger charge is 2.24. The van der Waals surface area contributed by atoms with E-state index in [1.165, 1.54) is 0 Å². The molecule has 0 atom stereocenters. The summed E-state index contributed by atoms with van der Waals surface area (Å²) in [6.45, 7) is 0.639. The minimum atomic E-state index is -0.415. The summed E-state index contributed by atoms with van der Waals surface area (Å²) in [6.07, 6.45) is 1.99. The third-order valence-electron chi connectivity index (χ3n) is 2.63. The van der Waals surface area contributed by atoms with Gasteiger partial charge in [-0.1, -0.05) is 0 Å². The van der Waals surface area contributed by atoms with E-state index in [1.54, 1.807) is 18.0 Å². The standard InChI is InChI=1S/C12H16BrN3O3/c1-16(6-9-4-5-10(13)19-9)7-11(17)15-12(18)14-8-2-3-8/h4-5,8H,2-3,6-7H2,1H3,(H2,14,15,17,18). The van der Waals surface area contributed by atoms with Crippen molar-refractivity contribution in [3.8, 4) is 0 Å². The molecule has 1 saturated carbocycles. The van der Waals surface area contributed by atoms with Crippen LogP contribution in [0.25, 0.3) is 0 Å². The minimum Gasteiger partial charge on any atom is -0.453 e. The maximum atomic E-state index is 11.6. The van der Waals surface area contributed by atoms with Gasteiger partial charge in [0.25, 0.3) is 0 Å². The van der Waals surface area contributed by atoms with Gasteiger partial charge in [-0.3, -0.25) is 15.0 Å². The molecule has 0 aliphatic heterocycles. The Labute approximate surface area is 119 Å². The zero-order valence-electron chi connectivity index (χ0n) is 10.6. The van der Waals surface area contributed by atoms with Crippen molar-refractivity contribution in [1.82, 2.24) is 15.5 Å². The van der Waals surface area contributed by atoms with Crippen LogP contribution in [0.2, 0.25) is 0 Å². The van der Waals surface area contributed by atoms with Crippen LogP contribution in [-0.2, 0) is 11.3 Å². The van der Waals surface area contributed by atoms with Gasteiger partial charge in [0.05, 0.1) is 13.1 Å². The van der Waals surface area contributed by atoms with Gasteiger partial charge in [-0.2, -0.15) is 0 Å². The number of halogens is 1. The van der Waals surface area contributed by atoms with Crippen LogP contribution in [0, 0.1) is 0 Å². The van der Waals surface area contributed by atoms with E-state index in [0.717, 1.165) is 18.6 Å². The lowest BCUT2D eigenvalue weighted by Gasteiger charge is -2.14. The second kappa shape index (κ2) is 6.21. The molecule has 19 heavy (non-hydrogen) atoms. The average Bonchev–Trinajstić information content (AvgIpc) is 3.00. The quantitative estimate of drug-likeness (QED) is 0.857. The number of carbonyl (C=O) groups excluding carboxylic acids is 2. The molecule has 0 saturated heterocycles. The summed E-state index contributed by atoms with van der Waals surface area (Å²) in [7, 11) is 1.79. The highest BCUT2D eigenvalue weighted by atomic mass is 79.9. The lowest BCUT2D eigenvalue weighted by Crippen LogP contribution is -2.44. The molecule has 104 valence electrons. The van der Waals surface area contributed by atoms with Gasteiger partial charge in [0, 0.05) is 6.04 Å². The molecule has 1 aliphatic carbocycles. The Morgan fingerprint density at radius 3 is 2.79 bits per heavy atom. The number of furan rings is 1. The van der Waals surface area contributed by atoms with E-state index < -0.39 is 6.03 Å². The molecule has 6 nitrogen and oxygen atoms in total. The summed E-state index contributed by atoms with van der Waals surface area (Å²) < 4.78 is 6.00. The Bertz CT molecular complexity index is 471. The molecule has 0 radical (unpaired) electrons. The van der Waals surface area contributed by atoms with Crippen molar-refractivity contribution in [2.24, 2.45) is 0 Å². The smallest absolute Gasteiger partial charge is 0.321 e. The van der Waals surface area contributed by atoms with Crippen LogP contribution in [0.4, 0.5) is 4.79 Å². The molecule has 7 heteroatoms. The maximum absolute atomic E-state index is 11.6. The highest BCUT2D eigenvalue weighted by molar-refractivity contribution is 9.10. The normalized spacial score (nSPS) is 14.5. The zero-order valence-corrected chi connectivity index (χ0v) is 12.2. The first kappa shape index (κ1) is 14.1. The van der Waals surface area contributed by atoms with Gasteiger partial charge in [-0.05, 0) is 48.0 Å². The first-order valence-electron chi connectivity index (χ1n) is 6.06. The van der Waals surface area contributed by atoms with Crippen LogP contribution >= 0.6 is 15.9 Å². The van der Waals surface area contributed by atoms with Crippen LogP contribution in [0.3, 0.4) is 0 Å². The van der Waals surface area contributed by atoms with Crippen molar-refractivity contribution in [1.29, 1.82) is 0 Å². The van der Waals surface area contributed by atoms with Crippen LogP contribution in [0.1, 0.15) is 18.6 Å². The summed E-state index contributed by atoms with van der Waals surface area (Å²) in [6, 6.07) is 3.46. The molecule has 1 aromatic heterocycles. The molecule has 3 amide bonds. The van der Waals surface area contributed by atoms with Crippen molar-refractivity contribution < 1.29 is 14.0 Å². The monoisotopic (exact) mass is 329 g/mol. The predicted octanol–water partition coefficient (Wildman–Crippen LogP) is 1.46. The molecule has 2 N–H and O–H groups in total. The largest absolute Gasteiger partial charge is 0.453 e. The van der Waals surface area contributed by atoms with Crippen molar-refractivity contribution in [3.63, 3.8) is 0 Å². The van der Waals surface area contributed by atoms with Crippen LogP contribution in [-0.4, -0.2) is 36.5 Å². The number of urea groups is 1. The van der Waals surface area contributed by atoms with Crippen molar-refractivity contribution >= 4 is 27.9 Å². The lowest BCUT2D eigenvalue weighted by atomic mass is 10.4. The van der Waals surface area contributed by atoms with Gasteiger partial charge in [0.15, 0.2) is 4.67 Å². The number of carbonyl (C=O) groups is 2. The molecule has 0 unspecified atom stereocenters. The predicted molar refractivity (Wildman–Crippen MR) is 72.4 cm³/mol. The second-order valence-electron chi connectivity index (χ2n) is 4.67. The number of amides is 3. The van der Waals surface area contributed by atoms with Crippen LogP contribution in [0.5, 0.6) is 0 Å². The summed E-state index contributed by atoms with van der Waals surface area (Å²) in [4.78, 5) is 24.7. The van der Waals surface area contributed by atoms with E-state index in [-0.39, 0.29) is 18.5 Å². The first-order chi connectivity index (χ1) is 9.02. The van der Waals surface area contributed by atoms with E-state index >= 15 is 0 Å². The average molecular weight is 330 g/mol. The third kappa shape index (κ3) is 5.04. The summed E-state index contributed by atoms with van der Waals surface area (Å²) in [5.41, 5.74) is 0. The van der Waals surface area contributed by atoms with Gasteiger partial charge in [0.1, 0.15) is 5.76 Å². The molecule has 1 fully saturated rings. The van der Waals surface area contributed by atoms with Gasteiger partial charge >= 0.3 is 6.03 Å². The topological polar surface area (TPSA) is 74.6 Å². The van der Waals surface area contributed by atoms with Gasteiger partial charge in [-0.15, -0.1) is 0 Å². The summed E-state index contributed by atoms with van der Waals surface area (Å²) in [5.74, 6) is 0.427. The van der Waals surface area contributed by atoms with E-state index in [9.17, 15) is 9.59 Å². The highest BCUT2D eigenvalue weighted by Crippen LogP contribution is 2.18. The second-order valence-corrected chi connectivity index (χ2v) is 5.46. The fraction of sp³-hybridized carbons (Fsp3) is 0.500. The Balaban J connectivity index is 1.70. The number of rotatable bonds is 5. The zero-order chi connectivity index (χ0) is 13.8. The maximum Gasteiger partial charge on any atom is 0.321 e. The van der Waals surface area contributed by atoms with Crippen LogP contribution < -0.4 is 10.6 Å². The van der Waals surface area contributed by atoms with Gasteiger partial charge < -0.3 is 9.73 Å². The minimum absolute atomic E-state index is 0.135. The van der Waals surface area contributed by atoms with Crippen molar-refractivity contribution in [3.05, 3.63) is 22.6 Å². The molecule has 0 bridgehead atoms. The number of nitrogens with zero attached hydrogens (tertiary/aromatic N) is 1. The van der Waals surface area contributed by atoms with E-state index in [4.69, 9.17) is 4.42 Å². The van der Waals surface area contributed by atoms with Crippen LogP contribution in [0.15, 0.2) is 21.2 Å². The SMILES string of the molecule is CN(CC(=O)NC(=O)NC1CC1)Cc1ccc(Br)o1. The number of nitrogens with one attached hydrogen (secondary N) is 2. The fourth-order valence-corrected chi connectivity index (χ4v) is 1.96. The number of likely N-dealkylation sites (N-methyl/N-ethyl adjacent to an activating group) is 1. The molecule has 1 aliphatic rings. The molecule has 1 aromatic rings. The Morgan fingerprint density at radius 1 is 1.47 bits per heavy atom. The molecular weight excluding hydrogens is 314 g/mol. The molecular formula is C12H16BrN3O3. The summed E-state index contributed by atoms with van der Waals surface area (Å²) >= 11 is 3.22. The van der Waals surface area contributed by atoms with E-state index in [1.807, 2.05) is 6.07 Å². The lowest BCUT2D eigenvalue weighted by molar-refractivity contribution is -0.121. The molecule has 0 spiro atoms. The number of hydrogen-bond acceptors (Lipinski definition) is 4.